The molecule has 0 bridgehead atoms. The third-order valence-corrected chi connectivity index (χ3v) is 4.04. The van der Waals surface area contributed by atoms with Crippen molar-refractivity contribution in [3.63, 3.8) is 0 Å². The van der Waals surface area contributed by atoms with Crippen molar-refractivity contribution >= 4 is 24.2 Å². The van der Waals surface area contributed by atoms with E-state index in [2.05, 4.69) is 15.1 Å². The molecule has 1 saturated heterocycles. The number of hydrogen-bond donors (Lipinski definition) is 1. The Kier molecular flexibility index (Phi) is 7.56. The van der Waals surface area contributed by atoms with E-state index in [4.69, 9.17) is 15.3 Å². The van der Waals surface area contributed by atoms with Crippen LogP contribution in [0, 0.1) is 0 Å². The number of rotatable bonds is 7. The molecule has 1 fully saturated rings. The van der Waals surface area contributed by atoms with E-state index < -0.39 is 23.9 Å². The van der Waals surface area contributed by atoms with Crippen LogP contribution in [-0.2, 0) is 20.5 Å². The molecule has 1 aliphatic rings. The zero-order valence-electron chi connectivity index (χ0n) is 15.6. The second-order valence-corrected chi connectivity index (χ2v) is 6.05. The summed E-state index contributed by atoms with van der Waals surface area (Å²) in [5.41, 5.74) is 3.99. The van der Waals surface area contributed by atoms with Crippen molar-refractivity contribution < 1.29 is 32.3 Å². The Labute approximate surface area is 164 Å². The third-order valence-electron chi connectivity index (χ3n) is 4.04. The first-order valence-electron chi connectivity index (χ1n) is 8.74. The molecular formula is C16H21F3N6O4. The molecule has 1 aromatic heterocycles. The highest BCUT2D eigenvalue weighted by Crippen LogP contribution is 2.28. The lowest BCUT2D eigenvalue weighted by atomic mass is 10.3. The summed E-state index contributed by atoms with van der Waals surface area (Å²) < 4.78 is 42.4. The summed E-state index contributed by atoms with van der Waals surface area (Å²) in [4.78, 5) is 38.5. The van der Waals surface area contributed by atoms with Gasteiger partial charge in [0.2, 0.25) is 5.95 Å². The predicted molar refractivity (Wildman–Crippen MR) is 95.0 cm³/mol. The molecule has 1 aliphatic heterocycles. The number of alkyl halides is 3. The van der Waals surface area contributed by atoms with E-state index in [0.29, 0.717) is 32.6 Å². The van der Waals surface area contributed by atoms with Gasteiger partial charge in [-0.1, -0.05) is 12.1 Å². The van der Waals surface area contributed by atoms with E-state index in [9.17, 15) is 22.8 Å². The van der Waals surface area contributed by atoms with E-state index in [1.54, 1.807) is 11.8 Å². The minimum absolute atomic E-state index is 0.172. The molecule has 0 saturated carbocycles. The van der Waals surface area contributed by atoms with Gasteiger partial charge in [0.05, 0.1) is 11.8 Å². The van der Waals surface area contributed by atoms with Gasteiger partial charge in [0.15, 0.2) is 6.61 Å². The number of oxime groups is 1. The SMILES string of the molecule is CCC(C=NOCC(=O)N1CCN(c2ncc(C(F)(F)F)cn2)CC1)OC(N)=O. The van der Waals surface area contributed by atoms with E-state index in [0.717, 1.165) is 12.4 Å². The Bertz CT molecular complexity index is 720. The first-order chi connectivity index (χ1) is 13.7. The number of ether oxygens (including phenoxy) is 1. The largest absolute Gasteiger partial charge is 0.440 e. The van der Waals surface area contributed by atoms with Crippen molar-refractivity contribution in [1.82, 2.24) is 14.9 Å². The average molecular weight is 418 g/mol. The van der Waals surface area contributed by atoms with Crippen molar-refractivity contribution in [1.29, 1.82) is 0 Å². The molecule has 0 radical (unpaired) electrons. The van der Waals surface area contributed by atoms with Gasteiger partial charge in [0.25, 0.3) is 5.91 Å². The van der Waals surface area contributed by atoms with Gasteiger partial charge in [-0.15, -0.1) is 0 Å². The van der Waals surface area contributed by atoms with Gasteiger partial charge in [-0.05, 0) is 6.42 Å². The van der Waals surface area contributed by atoms with Crippen LogP contribution < -0.4 is 10.6 Å². The van der Waals surface area contributed by atoms with Gasteiger partial charge in [0, 0.05) is 38.6 Å². The highest BCUT2D eigenvalue weighted by Gasteiger charge is 2.32. The fourth-order valence-electron chi connectivity index (χ4n) is 2.45. The van der Waals surface area contributed by atoms with Crippen LogP contribution in [0.4, 0.5) is 23.9 Å². The molecular weight excluding hydrogens is 397 g/mol. The lowest BCUT2D eigenvalue weighted by molar-refractivity contribution is -0.138. The lowest BCUT2D eigenvalue weighted by Gasteiger charge is -2.34. The van der Waals surface area contributed by atoms with Crippen molar-refractivity contribution in [2.75, 3.05) is 37.7 Å². The quantitative estimate of drug-likeness (QED) is 0.518. The van der Waals surface area contributed by atoms with Gasteiger partial charge >= 0.3 is 12.3 Å². The Balaban J connectivity index is 1.77. The maximum atomic E-state index is 12.6. The van der Waals surface area contributed by atoms with E-state index in [1.165, 1.54) is 11.1 Å². The summed E-state index contributed by atoms with van der Waals surface area (Å²) in [5.74, 6) is -0.134. The number of nitrogens with zero attached hydrogens (tertiary/aromatic N) is 5. The minimum atomic E-state index is -4.49. The number of nitrogens with two attached hydrogens (primary N) is 1. The smallest absolute Gasteiger partial charge is 0.419 e. The number of anilines is 1. The van der Waals surface area contributed by atoms with E-state index >= 15 is 0 Å². The second-order valence-electron chi connectivity index (χ2n) is 6.05. The Morgan fingerprint density at radius 2 is 1.90 bits per heavy atom. The van der Waals surface area contributed by atoms with Gasteiger partial charge in [-0.2, -0.15) is 13.2 Å². The van der Waals surface area contributed by atoms with E-state index in [-0.39, 0.29) is 18.5 Å². The zero-order valence-corrected chi connectivity index (χ0v) is 15.6. The van der Waals surface area contributed by atoms with Crippen LogP contribution >= 0.6 is 0 Å². The molecule has 0 aromatic carbocycles. The molecule has 1 atom stereocenters. The highest BCUT2D eigenvalue weighted by molar-refractivity contribution is 5.78. The third kappa shape index (κ3) is 6.76. The number of hydrogen-bond acceptors (Lipinski definition) is 8. The molecule has 0 spiro atoms. The topological polar surface area (TPSA) is 123 Å². The summed E-state index contributed by atoms with van der Waals surface area (Å²) in [6.07, 6.45) is -2.93. The molecule has 1 unspecified atom stereocenters. The first kappa shape index (κ1) is 22.2. The fourth-order valence-corrected chi connectivity index (χ4v) is 2.45. The fraction of sp³-hybridized carbons (Fsp3) is 0.562. The van der Waals surface area contributed by atoms with Gasteiger partial charge < -0.3 is 25.1 Å². The van der Waals surface area contributed by atoms with Crippen molar-refractivity contribution in [3.8, 4) is 0 Å². The van der Waals surface area contributed by atoms with Crippen molar-refractivity contribution in [2.24, 2.45) is 10.9 Å². The maximum absolute atomic E-state index is 12.6. The van der Waals surface area contributed by atoms with Crippen LogP contribution in [0.15, 0.2) is 17.5 Å². The highest BCUT2D eigenvalue weighted by atomic mass is 19.4. The predicted octanol–water partition coefficient (Wildman–Crippen LogP) is 1.02. The number of carbonyl (C=O) groups is 2. The minimum Gasteiger partial charge on any atom is -0.440 e. The maximum Gasteiger partial charge on any atom is 0.419 e. The number of piperazine rings is 1. The number of halogens is 3. The number of amides is 2. The van der Waals surface area contributed by atoms with Crippen molar-refractivity contribution in [2.45, 2.75) is 25.6 Å². The Morgan fingerprint density at radius 3 is 2.41 bits per heavy atom. The van der Waals surface area contributed by atoms with Crippen molar-refractivity contribution in [3.05, 3.63) is 18.0 Å². The number of aromatic nitrogens is 2. The molecule has 10 nitrogen and oxygen atoms in total. The number of primary amides is 1. The van der Waals surface area contributed by atoms with Gasteiger partial charge in [0.1, 0.15) is 6.10 Å². The molecule has 2 heterocycles. The van der Waals surface area contributed by atoms with Crippen LogP contribution in [-0.4, -0.2) is 72.0 Å². The molecule has 160 valence electrons. The van der Waals surface area contributed by atoms with E-state index in [1.807, 2.05) is 0 Å². The molecule has 2 N–H and O–H groups in total. The van der Waals surface area contributed by atoms with Gasteiger partial charge in [-0.25, -0.2) is 14.8 Å². The standard InChI is InChI=1S/C16H21F3N6O4/c1-2-12(29-14(20)27)9-23-28-10-13(26)24-3-5-25(6-4-24)15-21-7-11(8-22-15)16(17,18)19/h7-9,12H,2-6,10H2,1H3,(H2,20,27). The van der Waals surface area contributed by atoms with Gasteiger partial charge in [-0.3, -0.25) is 4.79 Å². The summed E-state index contributed by atoms with van der Waals surface area (Å²) in [7, 11) is 0. The summed E-state index contributed by atoms with van der Waals surface area (Å²) in [5, 5.41) is 3.59. The molecule has 2 amide bonds. The summed E-state index contributed by atoms with van der Waals surface area (Å²) >= 11 is 0. The van der Waals surface area contributed by atoms with Crippen LogP contribution in [0.2, 0.25) is 0 Å². The normalized spacial score (nSPS) is 16.0. The average Bonchev–Trinajstić information content (AvgIpc) is 2.69. The van der Waals surface area contributed by atoms with Crippen LogP contribution in [0.1, 0.15) is 18.9 Å². The Hall–Kier alpha value is -3.12. The van der Waals surface area contributed by atoms with Crippen LogP contribution in [0.3, 0.4) is 0 Å². The molecule has 0 aliphatic carbocycles. The monoisotopic (exact) mass is 418 g/mol. The van der Waals surface area contributed by atoms with Crippen LogP contribution in [0.5, 0.6) is 0 Å². The second kappa shape index (κ2) is 9.89. The summed E-state index contributed by atoms with van der Waals surface area (Å²) in [6.45, 7) is 2.84. The first-order valence-corrected chi connectivity index (χ1v) is 8.74. The Morgan fingerprint density at radius 1 is 1.28 bits per heavy atom. The number of carbonyl (C=O) groups excluding carboxylic acids is 2. The molecule has 29 heavy (non-hydrogen) atoms. The lowest BCUT2D eigenvalue weighted by Crippen LogP contribution is -2.50. The molecule has 13 heteroatoms. The summed E-state index contributed by atoms with van der Waals surface area (Å²) in [6, 6.07) is 0. The molecule has 1 aromatic rings. The molecule has 2 rings (SSSR count). The zero-order chi connectivity index (χ0) is 21.4. The van der Waals surface area contributed by atoms with Crippen LogP contribution in [0.25, 0.3) is 0 Å².